The van der Waals surface area contributed by atoms with E-state index in [1.807, 2.05) is 12.2 Å². The van der Waals surface area contributed by atoms with Gasteiger partial charge in [-0.05, 0) is 19.3 Å². The van der Waals surface area contributed by atoms with E-state index in [4.69, 9.17) is 9.26 Å². The second-order valence-electron chi connectivity index (χ2n) is 7.59. The molecule has 0 aliphatic carbocycles. The average Bonchev–Trinajstić information content (AvgIpc) is 3.28. The fraction of sp³-hybridized carbons (Fsp3) is 0.611. The average molecular weight is 345 g/mol. The lowest BCUT2D eigenvalue weighted by atomic mass is 9.77. The highest BCUT2D eigenvalue weighted by molar-refractivity contribution is 6.02. The first kappa shape index (κ1) is 16.3. The Labute approximate surface area is 146 Å². The predicted molar refractivity (Wildman–Crippen MR) is 89.8 cm³/mol. The van der Waals surface area contributed by atoms with Crippen molar-refractivity contribution in [1.82, 2.24) is 10.5 Å². The molecule has 0 unspecified atom stereocenters. The monoisotopic (exact) mass is 345 g/mol. The standard InChI is InChI=1S/C18H23N3O4/c1-10(2)5-7-19-16(22)14-12-4-6-18(24-12)9-21(17(23)15(14)18)13-8-11(3)25-20-13/h4,6,8,10,12,14-15H,5,7,9H2,1-3H3,(H,19,22)/t12-,14-,15-,18-/m1/s1. The van der Waals surface area contributed by atoms with Crippen molar-refractivity contribution in [2.45, 2.75) is 38.9 Å². The van der Waals surface area contributed by atoms with E-state index >= 15 is 0 Å². The third kappa shape index (κ3) is 2.49. The molecule has 1 aromatic heterocycles. The van der Waals surface area contributed by atoms with E-state index in [0.717, 1.165) is 6.42 Å². The van der Waals surface area contributed by atoms with Crippen molar-refractivity contribution in [1.29, 1.82) is 0 Å². The van der Waals surface area contributed by atoms with E-state index in [1.165, 1.54) is 0 Å². The van der Waals surface area contributed by atoms with Gasteiger partial charge in [0.15, 0.2) is 5.82 Å². The lowest BCUT2D eigenvalue weighted by Crippen LogP contribution is -2.44. The van der Waals surface area contributed by atoms with Gasteiger partial charge in [0.05, 0.1) is 24.5 Å². The zero-order valence-corrected chi connectivity index (χ0v) is 14.7. The fourth-order valence-corrected chi connectivity index (χ4v) is 4.07. The third-order valence-corrected chi connectivity index (χ3v) is 5.32. The SMILES string of the molecule is Cc1cc(N2C[C@@]34C=C[C@@H](O3)[C@@H](C(=O)NCCC(C)C)[C@@H]4C2=O)no1. The largest absolute Gasteiger partial charge is 0.360 e. The van der Waals surface area contributed by atoms with Crippen molar-refractivity contribution >= 4 is 17.6 Å². The molecular weight excluding hydrogens is 322 g/mol. The Morgan fingerprint density at radius 1 is 1.52 bits per heavy atom. The van der Waals surface area contributed by atoms with Gasteiger partial charge in [0, 0.05) is 12.6 Å². The van der Waals surface area contributed by atoms with Crippen molar-refractivity contribution in [2.24, 2.45) is 17.8 Å². The number of carbonyl (C=O) groups is 2. The second-order valence-corrected chi connectivity index (χ2v) is 7.59. The number of aryl methyl sites for hydroxylation is 1. The molecule has 2 fully saturated rings. The Hall–Kier alpha value is -2.15. The molecule has 0 radical (unpaired) electrons. The Kier molecular flexibility index (Phi) is 3.72. The normalized spacial score (nSPS) is 32.7. The molecule has 4 heterocycles. The van der Waals surface area contributed by atoms with Crippen LogP contribution in [0.25, 0.3) is 0 Å². The lowest BCUT2D eigenvalue weighted by molar-refractivity contribution is -0.131. The van der Waals surface area contributed by atoms with Crippen molar-refractivity contribution in [3.05, 3.63) is 24.0 Å². The molecule has 2 saturated heterocycles. The van der Waals surface area contributed by atoms with Gasteiger partial charge < -0.3 is 14.6 Å². The fourth-order valence-electron chi connectivity index (χ4n) is 4.07. The van der Waals surface area contributed by atoms with Crippen molar-refractivity contribution < 1.29 is 18.8 Å². The van der Waals surface area contributed by atoms with Crippen LogP contribution < -0.4 is 10.2 Å². The summed E-state index contributed by atoms with van der Waals surface area (Å²) in [6.45, 7) is 6.99. The van der Waals surface area contributed by atoms with Gasteiger partial charge in [0.25, 0.3) is 0 Å². The maximum atomic E-state index is 13.0. The number of fused-ring (bicyclic) bond motifs is 1. The summed E-state index contributed by atoms with van der Waals surface area (Å²) in [4.78, 5) is 27.3. The zero-order valence-electron chi connectivity index (χ0n) is 14.7. The maximum Gasteiger partial charge on any atom is 0.235 e. The third-order valence-electron chi connectivity index (χ3n) is 5.32. The van der Waals surface area contributed by atoms with Crippen LogP contribution in [0.3, 0.4) is 0 Å². The minimum Gasteiger partial charge on any atom is -0.360 e. The van der Waals surface area contributed by atoms with Crippen LogP contribution in [0.15, 0.2) is 22.7 Å². The minimum atomic E-state index is -0.728. The molecule has 2 amide bonds. The number of nitrogens with one attached hydrogen (secondary N) is 1. The topological polar surface area (TPSA) is 84.7 Å². The van der Waals surface area contributed by atoms with Crippen LogP contribution in [0.4, 0.5) is 5.82 Å². The summed E-state index contributed by atoms with van der Waals surface area (Å²) in [5, 5.41) is 6.91. The number of ether oxygens (including phenoxy) is 1. The molecule has 134 valence electrons. The van der Waals surface area contributed by atoms with E-state index in [1.54, 1.807) is 17.9 Å². The van der Waals surface area contributed by atoms with Crippen LogP contribution in [0.1, 0.15) is 26.0 Å². The first-order chi connectivity index (χ1) is 11.9. The van der Waals surface area contributed by atoms with E-state index in [9.17, 15) is 9.59 Å². The van der Waals surface area contributed by atoms with Crippen LogP contribution in [-0.4, -0.2) is 41.8 Å². The molecule has 1 aromatic rings. The van der Waals surface area contributed by atoms with Gasteiger partial charge in [-0.1, -0.05) is 31.2 Å². The molecule has 1 N–H and O–H groups in total. The molecule has 0 saturated carbocycles. The van der Waals surface area contributed by atoms with Gasteiger partial charge >= 0.3 is 0 Å². The summed E-state index contributed by atoms with van der Waals surface area (Å²) in [6, 6.07) is 1.73. The van der Waals surface area contributed by atoms with Crippen molar-refractivity contribution in [3.8, 4) is 0 Å². The van der Waals surface area contributed by atoms with Gasteiger partial charge in [-0.3, -0.25) is 14.5 Å². The molecule has 1 spiro atoms. The number of rotatable bonds is 5. The minimum absolute atomic E-state index is 0.103. The summed E-state index contributed by atoms with van der Waals surface area (Å²) < 4.78 is 11.2. The summed E-state index contributed by atoms with van der Waals surface area (Å²) in [5.74, 6) is 0.424. The molecule has 4 atom stereocenters. The van der Waals surface area contributed by atoms with E-state index in [0.29, 0.717) is 30.6 Å². The smallest absolute Gasteiger partial charge is 0.235 e. The lowest BCUT2D eigenvalue weighted by Gasteiger charge is -2.23. The van der Waals surface area contributed by atoms with Gasteiger partial charge in [0.2, 0.25) is 11.8 Å². The van der Waals surface area contributed by atoms with E-state index < -0.39 is 17.4 Å². The molecule has 7 heteroatoms. The van der Waals surface area contributed by atoms with Gasteiger partial charge in [-0.15, -0.1) is 0 Å². The highest BCUT2D eigenvalue weighted by Crippen LogP contribution is 2.52. The Morgan fingerprint density at radius 2 is 2.32 bits per heavy atom. The first-order valence-electron chi connectivity index (χ1n) is 8.81. The number of hydrogen-bond acceptors (Lipinski definition) is 5. The van der Waals surface area contributed by atoms with Crippen molar-refractivity contribution in [3.63, 3.8) is 0 Å². The van der Waals surface area contributed by atoms with Crippen LogP contribution in [0.5, 0.6) is 0 Å². The van der Waals surface area contributed by atoms with Crippen LogP contribution >= 0.6 is 0 Å². The number of carbonyl (C=O) groups excluding carboxylic acids is 2. The number of hydrogen-bond donors (Lipinski definition) is 1. The van der Waals surface area contributed by atoms with Gasteiger partial charge in [0.1, 0.15) is 11.4 Å². The Balaban J connectivity index is 1.55. The van der Waals surface area contributed by atoms with Crippen molar-refractivity contribution in [2.75, 3.05) is 18.0 Å². The van der Waals surface area contributed by atoms with Crippen LogP contribution in [0.2, 0.25) is 0 Å². The molecule has 2 bridgehead atoms. The van der Waals surface area contributed by atoms with Gasteiger partial charge in [-0.25, -0.2) is 0 Å². The molecule has 4 rings (SSSR count). The maximum absolute atomic E-state index is 13.0. The summed E-state index contributed by atoms with van der Waals surface area (Å²) in [6.07, 6.45) is 4.43. The summed E-state index contributed by atoms with van der Waals surface area (Å²) in [7, 11) is 0. The van der Waals surface area contributed by atoms with Crippen LogP contribution in [0, 0.1) is 24.7 Å². The van der Waals surface area contributed by atoms with Crippen LogP contribution in [-0.2, 0) is 14.3 Å². The van der Waals surface area contributed by atoms with E-state index in [-0.39, 0.29) is 17.9 Å². The summed E-state index contributed by atoms with van der Waals surface area (Å²) >= 11 is 0. The van der Waals surface area contributed by atoms with E-state index in [2.05, 4.69) is 24.3 Å². The predicted octanol–water partition coefficient (Wildman–Crippen LogP) is 1.43. The quantitative estimate of drug-likeness (QED) is 0.816. The van der Waals surface area contributed by atoms with Gasteiger partial charge in [-0.2, -0.15) is 0 Å². The molecule has 7 nitrogen and oxygen atoms in total. The first-order valence-corrected chi connectivity index (χ1v) is 8.81. The zero-order chi connectivity index (χ0) is 17.8. The molecular formula is C18H23N3O4. The molecule has 0 aromatic carbocycles. The number of anilines is 1. The number of nitrogens with zero attached hydrogens (tertiary/aromatic N) is 2. The highest BCUT2D eigenvalue weighted by Gasteiger charge is 2.67. The molecule has 25 heavy (non-hydrogen) atoms. The molecule has 3 aliphatic heterocycles. The second kappa shape index (κ2) is 5.69. The summed E-state index contributed by atoms with van der Waals surface area (Å²) in [5.41, 5.74) is -0.728. The Bertz CT molecular complexity index is 740. The Morgan fingerprint density at radius 3 is 3.00 bits per heavy atom. The highest BCUT2D eigenvalue weighted by atomic mass is 16.5. The number of aromatic nitrogens is 1. The number of amides is 2. The molecule has 3 aliphatic rings.